The van der Waals surface area contributed by atoms with Gasteiger partial charge in [-0.15, -0.1) is 0 Å². The van der Waals surface area contributed by atoms with Gasteiger partial charge in [-0.3, -0.25) is 9.69 Å². The zero-order valence-corrected chi connectivity index (χ0v) is 18.0. The minimum atomic E-state index is -0.286. The highest BCUT2D eigenvalue weighted by Gasteiger charge is 2.27. The van der Waals surface area contributed by atoms with Crippen LogP contribution in [0.5, 0.6) is 0 Å². The Hall–Kier alpha value is -3.03. The summed E-state index contributed by atoms with van der Waals surface area (Å²) in [6.45, 7) is 4.68. The number of rotatable bonds is 6. The van der Waals surface area contributed by atoms with Crippen molar-refractivity contribution in [2.24, 2.45) is 0 Å². The van der Waals surface area contributed by atoms with E-state index in [0.717, 1.165) is 74.6 Å². The van der Waals surface area contributed by atoms with Crippen molar-refractivity contribution in [1.82, 2.24) is 20.0 Å². The molecule has 1 aliphatic heterocycles. The van der Waals surface area contributed by atoms with Crippen LogP contribution >= 0.6 is 0 Å². The van der Waals surface area contributed by atoms with Crippen molar-refractivity contribution in [3.8, 4) is 5.69 Å². The van der Waals surface area contributed by atoms with Crippen molar-refractivity contribution in [2.75, 3.05) is 26.3 Å². The van der Waals surface area contributed by atoms with Gasteiger partial charge in [0.05, 0.1) is 18.9 Å². The van der Waals surface area contributed by atoms with Crippen LogP contribution in [0.1, 0.15) is 39.3 Å². The fraction of sp³-hybridized carbons (Fsp3) is 0.360. The number of nitrogens with zero attached hydrogens (tertiary/aromatic N) is 3. The van der Waals surface area contributed by atoms with Crippen LogP contribution in [0, 0.1) is 5.82 Å². The molecule has 0 atom stereocenters. The predicted octanol–water partition coefficient (Wildman–Crippen LogP) is 3.26. The van der Waals surface area contributed by atoms with Crippen LogP contribution in [0.15, 0.2) is 48.5 Å². The van der Waals surface area contributed by atoms with Crippen molar-refractivity contribution >= 4 is 5.91 Å². The molecule has 0 unspecified atom stereocenters. The first-order valence-corrected chi connectivity index (χ1v) is 11.2. The second kappa shape index (κ2) is 9.22. The first-order valence-electron chi connectivity index (χ1n) is 11.2. The number of morpholine rings is 1. The Kier molecular flexibility index (Phi) is 6.01. The Morgan fingerprint density at radius 2 is 1.78 bits per heavy atom. The van der Waals surface area contributed by atoms with Crippen molar-refractivity contribution in [3.63, 3.8) is 0 Å². The summed E-state index contributed by atoms with van der Waals surface area (Å²) in [5.74, 6) is -0.448. The van der Waals surface area contributed by atoms with Crippen LogP contribution in [-0.4, -0.2) is 46.9 Å². The summed E-state index contributed by atoms with van der Waals surface area (Å²) in [4.78, 5) is 15.5. The second-order valence-corrected chi connectivity index (χ2v) is 8.36. The number of nitrogens with one attached hydrogen (secondary N) is 1. The molecule has 2 aliphatic rings. The quantitative estimate of drug-likeness (QED) is 0.647. The summed E-state index contributed by atoms with van der Waals surface area (Å²) in [5.41, 5.74) is 5.65. The molecule has 5 rings (SSSR count). The number of aromatic nitrogens is 2. The highest BCUT2D eigenvalue weighted by Crippen LogP contribution is 2.28. The van der Waals surface area contributed by atoms with E-state index < -0.39 is 0 Å². The van der Waals surface area contributed by atoms with Gasteiger partial charge in [0.25, 0.3) is 5.91 Å². The molecule has 166 valence electrons. The number of benzene rings is 2. The lowest BCUT2D eigenvalue weighted by Gasteiger charge is -2.27. The molecule has 0 saturated carbocycles. The molecule has 0 spiro atoms. The summed E-state index contributed by atoms with van der Waals surface area (Å²) in [5, 5.41) is 7.70. The van der Waals surface area contributed by atoms with Gasteiger partial charge >= 0.3 is 0 Å². The van der Waals surface area contributed by atoms with Crippen molar-refractivity contribution < 1.29 is 13.9 Å². The lowest BCUT2D eigenvalue weighted by atomic mass is 10.1. The number of halogens is 1. The number of carbonyl (C=O) groups is 1. The van der Waals surface area contributed by atoms with Gasteiger partial charge in [-0.2, -0.15) is 5.10 Å². The Balaban J connectivity index is 1.32. The topological polar surface area (TPSA) is 59.4 Å². The monoisotopic (exact) mass is 434 g/mol. The Morgan fingerprint density at radius 3 is 2.56 bits per heavy atom. The number of carbonyl (C=O) groups excluding carboxylic acids is 1. The summed E-state index contributed by atoms with van der Waals surface area (Å²) in [6.07, 6.45) is 2.71. The maximum absolute atomic E-state index is 13.3. The Morgan fingerprint density at radius 1 is 1.03 bits per heavy atom. The molecule has 1 amide bonds. The molecule has 2 aromatic carbocycles. The molecule has 7 heteroatoms. The van der Waals surface area contributed by atoms with E-state index in [9.17, 15) is 9.18 Å². The number of fused-ring (bicyclic) bond motifs is 1. The highest BCUT2D eigenvalue weighted by atomic mass is 19.1. The standard InChI is InChI=1S/C25H27FN4O2/c26-20-8-10-21(11-9-20)30-23-7-3-6-22(23)24(28-30)25(31)27-16-18-4-1-2-5-19(18)17-29-12-14-32-15-13-29/h1-2,4-5,8-11H,3,6-7,12-17H2,(H,27,31). The van der Waals surface area contributed by atoms with E-state index in [1.54, 1.807) is 16.8 Å². The van der Waals surface area contributed by atoms with Gasteiger partial charge < -0.3 is 10.1 Å². The number of hydrogen-bond acceptors (Lipinski definition) is 4. The summed E-state index contributed by atoms with van der Waals surface area (Å²) in [7, 11) is 0. The largest absolute Gasteiger partial charge is 0.379 e. The third-order valence-electron chi connectivity index (χ3n) is 6.27. The average molecular weight is 435 g/mol. The van der Waals surface area contributed by atoms with Crippen LogP contribution in [0.25, 0.3) is 5.69 Å². The second-order valence-electron chi connectivity index (χ2n) is 8.36. The first kappa shape index (κ1) is 20.8. The van der Waals surface area contributed by atoms with E-state index in [4.69, 9.17) is 4.74 Å². The van der Waals surface area contributed by atoms with Gasteiger partial charge in [0.2, 0.25) is 0 Å². The number of ether oxygens (including phenoxy) is 1. The lowest BCUT2D eigenvalue weighted by Crippen LogP contribution is -2.36. The third kappa shape index (κ3) is 4.31. The molecule has 32 heavy (non-hydrogen) atoms. The van der Waals surface area contributed by atoms with Crippen LogP contribution in [0.4, 0.5) is 4.39 Å². The van der Waals surface area contributed by atoms with Crippen molar-refractivity contribution in [2.45, 2.75) is 32.4 Å². The summed E-state index contributed by atoms with van der Waals surface area (Å²) in [6, 6.07) is 14.5. The minimum Gasteiger partial charge on any atom is -0.379 e. The zero-order valence-electron chi connectivity index (χ0n) is 18.0. The van der Waals surface area contributed by atoms with Crippen molar-refractivity contribution in [1.29, 1.82) is 0 Å². The Bertz CT molecular complexity index is 1100. The molecule has 6 nitrogen and oxygen atoms in total. The average Bonchev–Trinajstić information content (AvgIpc) is 3.43. The lowest BCUT2D eigenvalue weighted by molar-refractivity contribution is 0.0340. The summed E-state index contributed by atoms with van der Waals surface area (Å²) < 4.78 is 20.6. The predicted molar refractivity (Wildman–Crippen MR) is 119 cm³/mol. The number of hydrogen-bond donors (Lipinski definition) is 1. The molecule has 3 aromatic rings. The van der Waals surface area contributed by atoms with Gasteiger partial charge in [-0.1, -0.05) is 24.3 Å². The van der Waals surface area contributed by atoms with Crippen molar-refractivity contribution in [3.05, 3.63) is 82.4 Å². The molecule has 2 heterocycles. The minimum absolute atomic E-state index is 0.162. The van der Waals surface area contributed by atoms with Gasteiger partial charge in [-0.25, -0.2) is 9.07 Å². The first-order chi connectivity index (χ1) is 15.7. The fourth-order valence-corrected chi connectivity index (χ4v) is 4.56. The van der Waals surface area contributed by atoms with E-state index in [2.05, 4.69) is 27.4 Å². The van der Waals surface area contributed by atoms with Gasteiger partial charge in [0.15, 0.2) is 5.69 Å². The maximum Gasteiger partial charge on any atom is 0.272 e. The van der Waals surface area contributed by atoms with Crippen LogP contribution < -0.4 is 5.32 Å². The van der Waals surface area contributed by atoms with Crippen LogP contribution in [-0.2, 0) is 30.7 Å². The zero-order chi connectivity index (χ0) is 21.9. The number of amides is 1. The smallest absolute Gasteiger partial charge is 0.272 e. The molecule has 1 N–H and O–H groups in total. The molecular formula is C25H27FN4O2. The summed E-state index contributed by atoms with van der Waals surface area (Å²) >= 11 is 0. The van der Waals surface area contributed by atoms with Gasteiger partial charge in [0.1, 0.15) is 5.82 Å². The molecule has 0 bridgehead atoms. The fourth-order valence-electron chi connectivity index (χ4n) is 4.56. The SMILES string of the molecule is O=C(NCc1ccccc1CN1CCOCC1)c1nn(-c2ccc(F)cc2)c2c1CCC2. The molecule has 1 aromatic heterocycles. The molecule has 1 fully saturated rings. The third-order valence-corrected chi connectivity index (χ3v) is 6.27. The Labute approximate surface area is 187 Å². The van der Waals surface area contributed by atoms with E-state index in [-0.39, 0.29) is 11.7 Å². The molecule has 0 radical (unpaired) electrons. The highest BCUT2D eigenvalue weighted by molar-refractivity contribution is 5.94. The van der Waals surface area contributed by atoms with E-state index in [1.165, 1.54) is 17.7 Å². The maximum atomic E-state index is 13.3. The van der Waals surface area contributed by atoms with Gasteiger partial charge in [0, 0.05) is 37.4 Å². The van der Waals surface area contributed by atoms with E-state index in [0.29, 0.717) is 12.2 Å². The van der Waals surface area contributed by atoms with E-state index in [1.807, 2.05) is 12.1 Å². The van der Waals surface area contributed by atoms with Gasteiger partial charge in [-0.05, 0) is 54.7 Å². The molecule has 1 saturated heterocycles. The van der Waals surface area contributed by atoms with Crippen LogP contribution in [0.3, 0.4) is 0 Å². The molecular weight excluding hydrogens is 407 g/mol. The normalized spacial score (nSPS) is 16.2. The van der Waals surface area contributed by atoms with Crippen LogP contribution in [0.2, 0.25) is 0 Å². The molecule has 1 aliphatic carbocycles. The van der Waals surface area contributed by atoms with E-state index >= 15 is 0 Å².